The van der Waals surface area contributed by atoms with Crippen LogP contribution < -0.4 is 9.04 Å². The van der Waals surface area contributed by atoms with Crippen molar-refractivity contribution in [3.63, 3.8) is 0 Å². The molecule has 0 saturated heterocycles. The van der Waals surface area contributed by atoms with Crippen LogP contribution in [0.3, 0.4) is 0 Å². The van der Waals surface area contributed by atoms with Crippen molar-refractivity contribution in [2.75, 3.05) is 18.0 Å². The molecule has 0 saturated carbocycles. The highest BCUT2D eigenvalue weighted by atomic mass is 35.5. The lowest BCUT2D eigenvalue weighted by molar-refractivity contribution is 0.414. The number of anilines is 1. The maximum Gasteiger partial charge on any atom is 0.265 e. The number of rotatable bonds is 5. The highest BCUT2D eigenvalue weighted by molar-refractivity contribution is 7.93. The fourth-order valence-electron chi connectivity index (χ4n) is 2.45. The third kappa shape index (κ3) is 3.34. The van der Waals surface area contributed by atoms with E-state index in [0.717, 1.165) is 11.1 Å². The van der Waals surface area contributed by atoms with Crippen LogP contribution in [0.1, 0.15) is 18.1 Å². The van der Waals surface area contributed by atoms with Gasteiger partial charge in [0.05, 0.1) is 17.8 Å². The first-order valence-corrected chi connectivity index (χ1v) is 9.55. The van der Waals surface area contributed by atoms with Crippen LogP contribution in [0, 0.1) is 13.8 Å². The molecule has 0 N–H and O–H groups in total. The van der Waals surface area contributed by atoms with Crippen LogP contribution in [0.4, 0.5) is 5.69 Å². The minimum Gasteiger partial charge on any atom is -0.495 e. The van der Waals surface area contributed by atoms with Gasteiger partial charge in [0.25, 0.3) is 10.0 Å². The highest BCUT2D eigenvalue weighted by Crippen LogP contribution is 2.39. The normalized spacial score (nSPS) is 11.4. The van der Waals surface area contributed by atoms with E-state index < -0.39 is 10.0 Å². The second-order valence-corrected chi connectivity index (χ2v) is 7.94. The second-order valence-electron chi connectivity index (χ2n) is 5.35. The Morgan fingerprint density at radius 2 is 1.75 bits per heavy atom. The Morgan fingerprint density at radius 1 is 1.08 bits per heavy atom. The smallest absolute Gasteiger partial charge is 0.265 e. The molecule has 0 aliphatic carbocycles. The fraction of sp³-hybridized carbons (Fsp3) is 0.294. The van der Waals surface area contributed by atoms with Gasteiger partial charge in [-0.25, -0.2) is 8.42 Å². The van der Waals surface area contributed by atoms with Crippen molar-refractivity contribution in [2.24, 2.45) is 0 Å². The van der Waals surface area contributed by atoms with E-state index in [1.165, 1.54) is 23.5 Å². The van der Waals surface area contributed by atoms with Crippen LogP contribution in [-0.4, -0.2) is 22.1 Å². The van der Waals surface area contributed by atoms with Crippen LogP contribution in [-0.2, 0) is 10.0 Å². The molecule has 2 aromatic carbocycles. The summed E-state index contributed by atoms with van der Waals surface area (Å²) in [4.78, 5) is -0.0438. The van der Waals surface area contributed by atoms with E-state index in [1.54, 1.807) is 6.92 Å². The van der Waals surface area contributed by atoms with Gasteiger partial charge in [0.15, 0.2) is 0 Å². The molecule has 0 fully saturated rings. The molecule has 0 bridgehead atoms. The highest BCUT2D eigenvalue weighted by Gasteiger charge is 2.29. The molecule has 2 aromatic rings. The largest absolute Gasteiger partial charge is 0.495 e. The number of nitrogens with zero attached hydrogens (tertiary/aromatic N) is 1. The number of hydrogen-bond donors (Lipinski definition) is 0. The van der Waals surface area contributed by atoms with Gasteiger partial charge in [-0.15, -0.1) is 0 Å². The molecule has 0 amide bonds. The molecule has 0 spiro atoms. The van der Waals surface area contributed by atoms with Crippen molar-refractivity contribution >= 4 is 38.9 Å². The van der Waals surface area contributed by atoms with Gasteiger partial charge >= 0.3 is 0 Å². The number of hydrogen-bond acceptors (Lipinski definition) is 3. The lowest BCUT2D eigenvalue weighted by Crippen LogP contribution is -2.31. The van der Waals surface area contributed by atoms with Gasteiger partial charge < -0.3 is 4.74 Å². The van der Waals surface area contributed by atoms with E-state index in [2.05, 4.69) is 0 Å². The van der Waals surface area contributed by atoms with Crippen molar-refractivity contribution in [3.8, 4) is 5.75 Å². The topological polar surface area (TPSA) is 46.6 Å². The predicted molar refractivity (Wildman–Crippen MR) is 99.1 cm³/mol. The summed E-state index contributed by atoms with van der Waals surface area (Å²) >= 11 is 12.3. The summed E-state index contributed by atoms with van der Waals surface area (Å²) in [6.07, 6.45) is 0. The third-order valence-electron chi connectivity index (χ3n) is 3.72. The Balaban J connectivity index is 2.64. The number of halogens is 2. The van der Waals surface area contributed by atoms with Gasteiger partial charge in [0.1, 0.15) is 15.7 Å². The summed E-state index contributed by atoms with van der Waals surface area (Å²) in [5, 5.41) is 0.0389. The fourth-order valence-corrected chi connectivity index (χ4v) is 4.80. The first kappa shape index (κ1) is 18.9. The lowest BCUT2D eigenvalue weighted by atomic mass is 10.1. The average molecular weight is 388 g/mol. The standard InChI is InChI=1S/C17H19Cl2NO3S/c1-5-20(13-10-11(2)6-7-12(13)3)24(21,22)15-9-8-14(23-4)16(18)17(15)19/h6-10H,5H2,1-4H3. The molecular formula is C17H19Cl2NO3S. The van der Waals surface area contributed by atoms with Crippen molar-refractivity contribution in [1.29, 1.82) is 0 Å². The van der Waals surface area contributed by atoms with Crippen LogP contribution in [0.25, 0.3) is 0 Å². The predicted octanol–water partition coefficient (Wildman–Crippen LogP) is 4.83. The summed E-state index contributed by atoms with van der Waals surface area (Å²) in [6.45, 7) is 5.83. The summed E-state index contributed by atoms with van der Waals surface area (Å²) < 4.78 is 32.7. The van der Waals surface area contributed by atoms with E-state index in [9.17, 15) is 8.42 Å². The molecule has 2 rings (SSSR count). The Bertz CT molecular complexity index is 866. The SMILES string of the molecule is CCN(c1cc(C)ccc1C)S(=O)(=O)c1ccc(OC)c(Cl)c1Cl. The molecule has 130 valence electrons. The Morgan fingerprint density at radius 3 is 2.33 bits per heavy atom. The minimum absolute atomic E-state index is 0.0419. The van der Waals surface area contributed by atoms with Crippen molar-refractivity contribution < 1.29 is 13.2 Å². The molecule has 0 heterocycles. The Hall–Kier alpha value is -1.43. The van der Waals surface area contributed by atoms with Gasteiger partial charge in [-0.1, -0.05) is 35.3 Å². The van der Waals surface area contributed by atoms with Gasteiger partial charge in [0, 0.05) is 6.54 Å². The number of sulfonamides is 1. The molecule has 0 aliphatic rings. The zero-order valence-electron chi connectivity index (χ0n) is 13.9. The second kappa shape index (κ2) is 7.21. The third-order valence-corrected chi connectivity index (χ3v) is 6.63. The molecule has 0 radical (unpaired) electrons. The summed E-state index contributed by atoms with van der Waals surface area (Å²) in [6, 6.07) is 8.59. The van der Waals surface area contributed by atoms with E-state index in [0.29, 0.717) is 11.4 Å². The summed E-state index contributed by atoms with van der Waals surface area (Å²) in [7, 11) is -2.42. The first-order valence-electron chi connectivity index (χ1n) is 7.36. The van der Waals surface area contributed by atoms with Crippen molar-refractivity contribution in [2.45, 2.75) is 25.7 Å². The molecular weight excluding hydrogens is 369 g/mol. The molecule has 0 atom stereocenters. The van der Waals surface area contributed by atoms with Gasteiger partial charge in [-0.3, -0.25) is 4.31 Å². The quantitative estimate of drug-likeness (QED) is 0.737. The number of aryl methyl sites for hydroxylation is 2. The minimum atomic E-state index is -3.86. The van der Waals surface area contributed by atoms with E-state index in [-0.39, 0.29) is 21.5 Å². The summed E-state index contributed by atoms with van der Waals surface area (Å²) in [5.41, 5.74) is 2.46. The first-order chi connectivity index (χ1) is 11.2. The van der Waals surface area contributed by atoms with E-state index in [1.807, 2.05) is 32.0 Å². The van der Waals surface area contributed by atoms with Crippen LogP contribution in [0.15, 0.2) is 35.2 Å². The zero-order valence-corrected chi connectivity index (χ0v) is 16.3. The zero-order chi connectivity index (χ0) is 18.1. The average Bonchev–Trinajstić information content (AvgIpc) is 2.53. The summed E-state index contributed by atoms with van der Waals surface area (Å²) in [5.74, 6) is 0.329. The van der Waals surface area contributed by atoms with Crippen LogP contribution in [0.5, 0.6) is 5.75 Å². The van der Waals surface area contributed by atoms with E-state index >= 15 is 0 Å². The number of ether oxygens (including phenoxy) is 1. The Kier molecular flexibility index (Phi) is 5.68. The molecule has 0 unspecified atom stereocenters. The lowest BCUT2D eigenvalue weighted by Gasteiger charge is -2.25. The van der Waals surface area contributed by atoms with Crippen LogP contribution >= 0.6 is 23.2 Å². The monoisotopic (exact) mass is 387 g/mol. The molecule has 24 heavy (non-hydrogen) atoms. The molecule has 0 aliphatic heterocycles. The van der Waals surface area contributed by atoms with Crippen molar-refractivity contribution in [1.82, 2.24) is 0 Å². The van der Waals surface area contributed by atoms with Crippen molar-refractivity contribution in [3.05, 3.63) is 51.5 Å². The van der Waals surface area contributed by atoms with E-state index in [4.69, 9.17) is 27.9 Å². The Labute approximate surface area is 153 Å². The van der Waals surface area contributed by atoms with Crippen LogP contribution in [0.2, 0.25) is 10.0 Å². The number of benzene rings is 2. The van der Waals surface area contributed by atoms with Gasteiger partial charge in [-0.05, 0) is 50.1 Å². The molecule has 7 heteroatoms. The maximum absolute atomic E-state index is 13.1. The molecule has 0 aromatic heterocycles. The maximum atomic E-state index is 13.1. The number of methoxy groups -OCH3 is 1. The van der Waals surface area contributed by atoms with Gasteiger partial charge in [0.2, 0.25) is 0 Å². The van der Waals surface area contributed by atoms with Gasteiger partial charge in [-0.2, -0.15) is 0 Å². The molecule has 4 nitrogen and oxygen atoms in total.